The van der Waals surface area contributed by atoms with Gasteiger partial charge in [-0.05, 0) is 60.5 Å². The number of hydrogen-bond acceptors (Lipinski definition) is 5. The first-order valence-electron chi connectivity index (χ1n) is 6.22. The second-order valence-electron chi connectivity index (χ2n) is 4.31. The SMILES string of the molecule is NS(=O)(=O)c1ccc(NNC(=O)NSc2ccc(Cl)cc2)cc1. The van der Waals surface area contributed by atoms with Gasteiger partial charge in [0.1, 0.15) is 0 Å². The highest BCUT2D eigenvalue weighted by molar-refractivity contribution is 7.98. The van der Waals surface area contributed by atoms with Crippen LogP contribution in [-0.4, -0.2) is 14.4 Å². The monoisotopic (exact) mass is 372 g/mol. The molecule has 23 heavy (non-hydrogen) atoms. The third-order valence-corrected chi connectivity index (χ3v) is 4.55. The van der Waals surface area contributed by atoms with E-state index < -0.39 is 16.1 Å². The van der Waals surface area contributed by atoms with Crippen molar-refractivity contribution in [2.75, 3.05) is 5.43 Å². The van der Waals surface area contributed by atoms with Gasteiger partial charge in [0, 0.05) is 9.92 Å². The number of halogens is 1. The summed E-state index contributed by atoms with van der Waals surface area (Å²) in [6.45, 7) is 0. The Hall–Kier alpha value is -1.94. The molecular formula is C13H13ClN4O3S2. The Morgan fingerprint density at radius 2 is 1.65 bits per heavy atom. The first kappa shape index (κ1) is 17.4. The fourth-order valence-electron chi connectivity index (χ4n) is 1.49. The van der Waals surface area contributed by atoms with E-state index in [0.717, 1.165) is 16.8 Å². The molecule has 0 aliphatic rings. The van der Waals surface area contributed by atoms with Gasteiger partial charge >= 0.3 is 6.03 Å². The summed E-state index contributed by atoms with van der Waals surface area (Å²) in [6.07, 6.45) is 0. The van der Waals surface area contributed by atoms with E-state index >= 15 is 0 Å². The van der Waals surface area contributed by atoms with Gasteiger partial charge in [-0.3, -0.25) is 15.6 Å². The largest absolute Gasteiger partial charge is 0.343 e. The fourth-order valence-corrected chi connectivity index (χ4v) is 2.67. The maximum Gasteiger partial charge on any atom is 0.343 e. The van der Waals surface area contributed by atoms with E-state index in [2.05, 4.69) is 15.6 Å². The van der Waals surface area contributed by atoms with E-state index in [-0.39, 0.29) is 4.90 Å². The molecule has 0 aromatic heterocycles. The number of hydrogen-bond donors (Lipinski definition) is 4. The van der Waals surface area contributed by atoms with Crippen LogP contribution in [0, 0.1) is 0 Å². The van der Waals surface area contributed by atoms with Crippen molar-refractivity contribution in [3.63, 3.8) is 0 Å². The van der Waals surface area contributed by atoms with Crippen molar-refractivity contribution in [1.29, 1.82) is 0 Å². The number of urea groups is 1. The lowest BCUT2D eigenvalue weighted by molar-refractivity contribution is 0.248. The van der Waals surface area contributed by atoms with E-state index in [0.29, 0.717) is 10.7 Å². The van der Waals surface area contributed by atoms with Gasteiger partial charge in [-0.2, -0.15) is 0 Å². The minimum Gasteiger partial charge on any atom is -0.297 e. The van der Waals surface area contributed by atoms with Crippen molar-refractivity contribution < 1.29 is 13.2 Å². The topological polar surface area (TPSA) is 113 Å². The molecule has 2 amide bonds. The van der Waals surface area contributed by atoms with E-state index in [4.69, 9.17) is 16.7 Å². The van der Waals surface area contributed by atoms with E-state index in [1.165, 1.54) is 24.3 Å². The van der Waals surface area contributed by atoms with Crippen molar-refractivity contribution in [2.45, 2.75) is 9.79 Å². The molecule has 7 nitrogen and oxygen atoms in total. The molecule has 0 atom stereocenters. The van der Waals surface area contributed by atoms with Crippen molar-refractivity contribution in [3.8, 4) is 0 Å². The maximum absolute atomic E-state index is 11.6. The minimum absolute atomic E-state index is 0.00852. The van der Waals surface area contributed by atoms with Crippen LogP contribution in [0.2, 0.25) is 5.02 Å². The zero-order valence-electron chi connectivity index (χ0n) is 11.6. The number of amides is 2. The Morgan fingerprint density at radius 3 is 2.22 bits per heavy atom. The third-order valence-electron chi connectivity index (χ3n) is 2.58. The molecule has 0 aliphatic heterocycles. The molecule has 122 valence electrons. The molecule has 0 heterocycles. The lowest BCUT2D eigenvalue weighted by atomic mass is 10.3. The highest BCUT2D eigenvalue weighted by Crippen LogP contribution is 2.17. The zero-order valence-corrected chi connectivity index (χ0v) is 14.0. The molecule has 0 radical (unpaired) electrons. The Bertz CT molecular complexity index is 780. The smallest absolute Gasteiger partial charge is 0.297 e. The van der Waals surface area contributed by atoms with Gasteiger partial charge < -0.3 is 0 Å². The number of anilines is 1. The van der Waals surface area contributed by atoms with E-state index in [1.807, 2.05) is 0 Å². The fraction of sp³-hybridized carbons (Fsp3) is 0. The predicted molar refractivity (Wildman–Crippen MR) is 90.4 cm³/mol. The molecule has 0 saturated heterocycles. The molecule has 2 rings (SSSR count). The van der Waals surface area contributed by atoms with Crippen LogP contribution in [0.25, 0.3) is 0 Å². The summed E-state index contributed by atoms with van der Waals surface area (Å²) in [5, 5.41) is 5.61. The van der Waals surface area contributed by atoms with Gasteiger partial charge in [0.05, 0.1) is 10.6 Å². The number of hydrazine groups is 1. The highest BCUT2D eigenvalue weighted by atomic mass is 35.5. The molecule has 2 aromatic carbocycles. The van der Waals surface area contributed by atoms with Gasteiger partial charge in [0.25, 0.3) is 0 Å². The lowest BCUT2D eigenvalue weighted by Crippen LogP contribution is -2.35. The number of nitrogens with one attached hydrogen (secondary N) is 3. The summed E-state index contributed by atoms with van der Waals surface area (Å²) in [6, 6.07) is 12.1. The molecule has 0 bridgehead atoms. The number of rotatable bonds is 5. The van der Waals surface area contributed by atoms with Gasteiger partial charge in [0.15, 0.2) is 0 Å². The second-order valence-corrected chi connectivity index (χ2v) is 7.18. The Morgan fingerprint density at radius 1 is 1.04 bits per heavy atom. The van der Waals surface area contributed by atoms with Crippen LogP contribution < -0.4 is 20.7 Å². The minimum atomic E-state index is -3.73. The first-order valence-corrected chi connectivity index (χ1v) is 8.96. The Labute approximate surface area is 142 Å². The molecule has 0 saturated carbocycles. The summed E-state index contributed by atoms with van der Waals surface area (Å²) in [5.41, 5.74) is 5.55. The van der Waals surface area contributed by atoms with E-state index in [9.17, 15) is 13.2 Å². The van der Waals surface area contributed by atoms with Gasteiger partial charge in [-0.25, -0.2) is 18.4 Å². The number of benzene rings is 2. The molecule has 5 N–H and O–H groups in total. The summed E-state index contributed by atoms with van der Waals surface area (Å²) in [7, 11) is -3.73. The van der Waals surface area contributed by atoms with Crippen molar-refractivity contribution in [2.24, 2.45) is 5.14 Å². The van der Waals surface area contributed by atoms with Crippen LogP contribution in [0.5, 0.6) is 0 Å². The number of carbonyl (C=O) groups excluding carboxylic acids is 1. The molecule has 0 spiro atoms. The predicted octanol–water partition coefficient (Wildman–Crippen LogP) is 2.32. The summed E-state index contributed by atoms with van der Waals surface area (Å²) in [4.78, 5) is 12.4. The van der Waals surface area contributed by atoms with Crippen molar-refractivity contribution in [1.82, 2.24) is 10.1 Å². The molecule has 0 fully saturated rings. The van der Waals surface area contributed by atoms with Crippen LogP contribution in [0.15, 0.2) is 58.3 Å². The second kappa shape index (κ2) is 7.55. The van der Waals surface area contributed by atoms with Crippen molar-refractivity contribution in [3.05, 3.63) is 53.6 Å². The van der Waals surface area contributed by atoms with E-state index in [1.54, 1.807) is 24.3 Å². The van der Waals surface area contributed by atoms with Gasteiger partial charge in [-0.15, -0.1) is 0 Å². The Kier molecular flexibility index (Phi) is 5.72. The molecule has 0 unspecified atom stereocenters. The van der Waals surface area contributed by atoms with Gasteiger partial charge in [0.2, 0.25) is 10.0 Å². The molecule has 10 heteroatoms. The summed E-state index contributed by atoms with van der Waals surface area (Å²) < 4.78 is 24.8. The van der Waals surface area contributed by atoms with Crippen LogP contribution in [0.4, 0.5) is 10.5 Å². The van der Waals surface area contributed by atoms with Crippen LogP contribution >= 0.6 is 23.5 Å². The standard InChI is InChI=1S/C13H13ClN4O3S2/c14-9-1-5-11(6-2-9)22-18-13(19)17-16-10-3-7-12(8-4-10)23(15,20)21/h1-8,16H,(H2,15,20,21)(H2,17,18,19). The van der Waals surface area contributed by atoms with Crippen molar-refractivity contribution >= 4 is 45.3 Å². The highest BCUT2D eigenvalue weighted by Gasteiger charge is 2.07. The van der Waals surface area contributed by atoms with Crippen LogP contribution in [-0.2, 0) is 10.0 Å². The lowest BCUT2D eigenvalue weighted by Gasteiger charge is -2.09. The third kappa shape index (κ3) is 5.64. The van der Waals surface area contributed by atoms with Crippen LogP contribution in [0.1, 0.15) is 0 Å². The number of sulfonamides is 1. The number of carbonyl (C=O) groups is 1. The number of primary sulfonamides is 1. The average Bonchev–Trinajstić information content (AvgIpc) is 2.52. The quantitative estimate of drug-likeness (QED) is 0.475. The van der Waals surface area contributed by atoms with Crippen LogP contribution in [0.3, 0.4) is 0 Å². The van der Waals surface area contributed by atoms with Gasteiger partial charge in [-0.1, -0.05) is 11.6 Å². The average molecular weight is 373 g/mol. The molecular weight excluding hydrogens is 360 g/mol. The molecule has 0 aliphatic carbocycles. The first-order chi connectivity index (χ1) is 10.8. The molecule has 2 aromatic rings. The summed E-state index contributed by atoms with van der Waals surface area (Å²) in [5.74, 6) is 0. The maximum atomic E-state index is 11.6. The zero-order chi connectivity index (χ0) is 16.9. The Balaban J connectivity index is 1.81. The summed E-state index contributed by atoms with van der Waals surface area (Å²) >= 11 is 6.89. The normalized spacial score (nSPS) is 10.9. The number of nitrogens with two attached hydrogens (primary N) is 1.